The smallest absolute Gasteiger partial charge is 0.158 e. The van der Waals surface area contributed by atoms with Crippen molar-refractivity contribution in [1.29, 1.82) is 0 Å². The number of thiophene rings is 1. The van der Waals surface area contributed by atoms with Crippen LogP contribution in [0.1, 0.15) is 4.88 Å². The Bertz CT molecular complexity index is 434. The Morgan fingerprint density at radius 1 is 1.13 bits per heavy atom. The average Bonchev–Trinajstić information content (AvgIpc) is 2.81. The quantitative estimate of drug-likeness (QED) is 0.351. The molecule has 0 atom stereocenters. The van der Waals surface area contributed by atoms with Gasteiger partial charge in [0, 0.05) is 0 Å². The normalized spacial score (nSPS) is 11.4. The average molecular weight is 217 g/mol. The summed E-state index contributed by atoms with van der Waals surface area (Å²) in [6.45, 7) is 0. The Morgan fingerprint density at radius 3 is 2.53 bits per heavy atom. The number of hydrazine groups is 1. The van der Waals surface area contributed by atoms with E-state index >= 15 is 0 Å². The molecule has 0 bridgehead atoms. The van der Waals surface area contributed by atoms with Crippen molar-refractivity contribution in [3.05, 3.63) is 52.7 Å². The van der Waals surface area contributed by atoms with Gasteiger partial charge in [0.25, 0.3) is 0 Å². The lowest BCUT2D eigenvalue weighted by atomic mass is 10.3. The summed E-state index contributed by atoms with van der Waals surface area (Å²) in [7, 11) is 0. The molecule has 76 valence electrons. The Hall–Kier alpha value is -1.65. The maximum absolute atomic E-state index is 5.44. The Morgan fingerprint density at radius 2 is 1.93 bits per heavy atom. The topological polar surface area (TPSA) is 50.4 Å². The Labute approximate surface area is 92.2 Å². The van der Waals surface area contributed by atoms with Crippen molar-refractivity contribution in [3.63, 3.8) is 0 Å². The molecule has 4 heteroatoms. The van der Waals surface area contributed by atoms with E-state index in [4.69, 9.17) is 5.84 Å². The molecular formula is C11H11N3S. The van der Waals surface area contributed by atoms with Crippen LogP contribution in [0, 0.1) is 0 Å². The first-order valence-corrected chi connectivity index (χ1v) is 5.42. The van der Waals surface area contributed by atoms with Crippen LogP contribution in [0.3, 0.4) is 0 Å². The first-order valence-electron chi connectivity index (χ1n) is 4.54. The van der Waals surface area contributed by atoms with Crippen LogP contribution in [0.25, 0.3) is 0 Å². The van der Waals surface area contributed by atoms with Gasteiger partial charge in [-0.15, -0.1) is 11.3 Å². The number of rotatable bonds is 2. The van der Waals surface area contributed by atoms with E-state index in [0.29, 0.717) is 5.84 Å². The van der Waals surface area contributed by atoms with E-state index in [-0.39, 0.29) is 0 Å². The molecule has 0 spiro atoms. The minimum Gasteiger partial charge on any atom is -0.307 e. The van der Waals surface area contributed by atoms with Crippen LogP contribution < -0.4 is 11.3 Å². The van der Waals surface area contributed by atoms with Crippen LogP contribution in [0.5, 0.6) is 0 Å². The Balaban J connectivity index is 2.32. The van der Waals surface area contributed by atoms with E-state index in [9.17, 15) is 0 Å². The summed E-state index contributed by atoms with van der Waals surface area (Å²) in [5.74, 6) is 6.13. The number of hydrogen-bond donors (Lipinski definition) is 2. The second-order valence-corrected chi connectivity index (χ2v) is 3.87. The standard InChI is InChI=1S/C11H11N3S/c12-14-11(10-7-4-8-15-10)13-9-5-2-1-3-6-9/h1-8H,12H2,(H,13,14). The van der Waals surface area contributed by atoms with Gasteiger partial charge in [0.2, 0.25) is 0 Å². The van der Waals surface area contributed by atoms with E-state index in [0.717, 1.165) is 10.6 Å². The maximum Gasteiger partial charge on any atom is 0.158 e. The summed E-state index contributed by atoms with van der Waals surface area (Å²) >= 11 is 1.60. The Kier molecular flexibility index (Phi) is 3.11. The van der Waals surface area contributed by atoms with Gasteiger partial charge in [-0.2, -0.15) is 0 Å². The summed E-state index contributed by atoms with van der Waals surface area (Å²) in [6, 6.07) is 13.7. The first kappa shape index (κ1) is 9.89. The number of para-hydroxylation sites is 1. The third kappa shape index (κ3) is 2.43. The van der Waals surface area contributed by atoms with Crippen molar-refractivity contribution >= 4 is 22.9 Å². The maximum atomic E-state index is 5.44. The predicted octanol–water partition coefficient (Wildman–Crippen LogP) is 2.29. The van der Waals surface area contributed by atoms with Gasteiger partial charge in [-0.3, -0.25) is 0 Å². The van der Waals surface area contributed by atoms with Gasteiger partial charge in [-0.05, 0) is 23.6 Å². The molecule has 2 rings (SSSR count). The molecule has 1 aromatic heterocycles. The van der Waals surface area contributed by atoms with Gasteiger partial charge in [0.15, 0.2) is 5.84 Å². The summed E-state index contributed by atoms with van der Waals surface area (Å²) in [5, 5.41) is 1.99. The summed E-state index contributed by atoms with van der Waals surface area (Å²) in [5.41, 5.74) is 3.50. The molecule has 1 heterocycles. The molecule has 0 aliphatic heterocycles. The zero-order chi connectivity index (χ0) is 10.5. The van der Waals surface area contributed by atoms with Crippen molar-refractivity contribution in [2.24, 2.45) is 10.8 Å². The molecular weight excluding hydrogens is 206 g/mol. The molecule has 0 radical (unpaired) electrons. The molecule has 0 unspecified atom stereocenters. The number of amidine groups is 1. The molecule has 0 aliphatic carbocycles. The van der Waals surface area contributed by atoms with Crippen molar-refractivity contribution in [1.82, 2.24) is 5.43 Å². The van der Waals surface area contributed by atoms with E-state index < -0.39 is 0 Å². The van der Waals surface area contributed by atoms with E-state index in [2.05, 4.69) is 10.4 Å². The monoisotopic (exact) mass is 217 g/mol. The SMILES string of the molecule is NNC(=Nc1ccccc1)c1cccs1. The lowest BCUT2D eigenvalue weighted by molar-refractivity contribution is 1.03. The highest BCUT2D eigenvalue weighted by Crippen LogP contribution is 2.14. The molecule has 0 saturated carbocycles. The summed E-state index contributed by atoms with van der Waals surface area (Å²) < 4.78 is 0. The fourth-order valence-electron chi connectivity index (χ4n) is 1.20. The summed E-state index contributed by atoms with van der Waals surface area (Å²) in [6.07, 6.45) is 0. The molecule has 15 heavy (non-hydrogen) atoms. The van der Waals surface area contributed by atoms with Gasteiger partial charge < -0.3 is 5.43 Å². The van der Waals surface area contributed by atoms with Crippen LogP contribution in [0.4, 0.5) is 5.69 Å². The van der Waals surface area contributed by atoms with Gasteiger partial charge in [-0.25, -0.2) is 10.8 Å². The lowest BCUT2D eigenvalue weighted by Gasteiger charge is -2.02. The third-order valence-electron chi connectivity index (χ3n) is 1.89. The first-order chi connectivity index (χ1) is 7.40. The highest BCUT2D eigenvalue weighted by atomic mass is 32.1. The highest BCUT2D eigenvalue weighted by molar-refractivity contribution is 7.12. The van der Waals surface area contributed by atoms with Gasteiger partial charge >= 0.3 is 0 Å². The number of nitrogens with one attached hydrogen (secondary N) is 1. The van der Waals surface area contributed by atoms with Crippen molar-refractivity contribution in [2.45, 2.75) is 0 Å². The number of aliphatic imine (C=N–C) groups is 1. The predicted molar refractivity (Wildman–Crippen MR) is 64.3 cm³/mol. The van der Waals surface area contributed by atoms with Crippen LogP contribution in [-0.2, 0) is 0 Å². The van der Waals surface area contributed by atoms with Crippen LogP contribution >= 0.6 is 11.3 Å². The van der Waals surface area contributed by atoms with Crippen LogP contribution in [0.2, 0.25) is 0 Å². The van der Waals surface area contributed by atoms with Gasteiger partial charge in [0.1, 0.15) is 0 Å². The van der Waals surface area contributed by atoms with E-state index in [1.54, 1.807) is 11.3 Å². The molecule has 0 fully saturated rings. The fourth-order valence-corrected chi connectivity index (χ4v) is 1.88. The minimum atomic E-state index is 0.691. The third-order valence-corrected chi connectivity index (χ3v) is 2.76. The van der Waals surface area contributed by atoms with Crippen molar-refractivity contribution < 1.29 is 0 Å². The second-order valence-electron chi connectivity index (χ2n) is 2.92. The van der Waals surface area contributed by atoms with Crippen molar-refractivity contribution in [3.8, 4) is 0 Å². The lowest BCUT2D eigenvalue weighted by Crippen LogP contribution is -2.30. The molecule has 3 N–H and O–H groups in total. The zero-order valence-electron chi connectivity index (χ0n) is 8.05. The van der Waals surface area contributed by atoms with Crippen LogP contribution in [-0.4, -0.2) is 5.84 Å². The minimum absolute atomic E-state index is 0.691. The van der Waals surface area contributed by atoms with Crippen LogP contribution in [0.15, 0.2) is 52.8 Å². The van der Waals surface area contributed by atoms with Gasteiger partial charge in [-0.1, -0.05) is 24.3 Å². The van der Waals surface area contributed by atoms with E-state index in [1.807, 2.05) is 47.8 Å². The summed E-state index contributed by atoms with van der Waals surface area (Å²) in [4.78, 5) is 5.44. The molecule has 2 aromatic rings. The molecule has 0 saturated heterocycles. The number of nitrogens with two attached hydrogens (primary N) is 1. The molecule has 1 aromatic carbocycles. The second kappa shape index (κ2) is 4.72. The van der Waals surface area contributed by atoms with Gasteiger partial charge in [0.05, 0.1) is 10.6 Å². The number of hydrogen-bond acceptors (Lipinski definition) is 3. The number of nitrogens with zero attached hydrogens (tertiary/aromatic N) is 1. The molecule has 3 nitrogen and oxygen atoms in total. The molecule has 0 aliphatic rings. The largest absolute Gasteiger partial charge is 0.307 e. The fraction of sp³-hybridized carbons (Fsp3) is 0. The van der Waals surface area contributed by atoms with Crippen molar-refractivity contribution in [2.75, 3.05) is 0 Å². The zero-order valence-corrected chi connectivity index (χ0v) is 8.87. The van der Waals surface area contributed by atoms with E-state index in [1.165, 1.54) is 0 Å². The molecule has 0 amide bonds. The highest BCUT2D eigenvalue weighted by Gasteiger charge is 2.01. The number of benzene rings is 1.